The average molecular weight is 345 g/mol. The summed E-state index contributed by atoms with van der Waals surface area (Å²) in [7, 11) is 0. The van der Waals surface area contributed by atoms with Crippen LogP contribution in [-0.4, -0.2) is 11.8 Å². The highest BCUT2D eigenvalue weighted by Gasteiger charge is 2.41. The maximum absolute atomic E-state index is 13.2. The van der Waals surface area contributed by atoms with E-state index in [1.54, 1.807) is 0 Å². The summed E-state index contributed by atoms with van der Waals surface area (Å²) in [5, 5.41) is 3.86. The second-order valence-electron chi connectivity index (χ2n) is 7.71. The van der Waals surface area contributed by atoms with E-state index < -0.39 is 0 Å². The Bertz CT molecular complexity index is 802. The van der Waals surface area contributed by atoms with E-state index in [0.717, 1.165) is 16.7 Å². The molecular formula is C24H27NO. The Labute approximate surface area is 156 Å². The van der Waals surface area contributed by atoms with Gasteiger partial charge < -0.3 is 5.32 Å². The number of hydrogen-bond acceptors (Lipinski definition) is 2. The second-order valence-corrected chi connectivity index (χ2v) is 7.71. The number of ketones is 1. The number of rotatable bonds is 4. The van der Waals surface area contributed by atoms with Gasteiger partial charge in [-0.15, -0.1) is 0 Å². The molecule has 2 aromatic carbocycles. The van der Waals surface area contributed by atoms with Gasteiger partial charge in [-0.3, -0.25) is 4.79 Å². The normalized spacial score (nSPS) is 23.9. The number of fused-ring (bicyclic) bond motifs is 1. The topological polar surface area (TPSA) is 29.1 Å². The van der Waals surface area contributed by atoms with E-state index >= 15 is 0 Å². The summed E-state index contributed by atoms with van der Waals surface area (Å²) in [6.07, 6.45) is 8.55. The lowest BCUT2D eigenvalue weighted by Gasteiger charge is -2.30. The van der Waals surface area contributed by atoms with E-state index in [0.29, 0.717) is 6.04 Å². The Kier molecular flexibility index (Phi) is 5.03. The Morgan fingerprint density at radius 2 is 1.65 bits per heavy atom. The average Bonchev–Trinajstić information content (AvgIpc) is 2.96. The van der Waals surface area contributed by atoms with Crippen molar-refractivity contribution >= 4 is 11.9 Å². The predicted octanol–water partition coefficient (Wildman–Crippen LogP) is 5.57. The molecule has 0 heterocycles. The van der Waals surface area contributed by atoms with Crippen LogP contribution in [0.5, 0.6) is 0 Å². The maximum Gasteiger partial charge on any atom is 0.172 e. The highest BCUT2D eigenvalue weighted by atomic mass is 16.1. The predicted molar refractivity (Wildman–Crippen MR) is 107 cm³/mol. The Hall–Kier alpha value is -2.19. The first-order valence-corrected chi connectivity index (χ1v) is 9.86. The zero-order valence-electron chi connectivity index (χ0n) is 15.4. The Morgan fingerprint density at radius 3 is 2.42 bits per heavy atom. The van der Waals surface area contributed by atoms with Crippen molar-refractivity contribution in [3.8, 4) is 0 Å². The number of nitrogens with one attached hydrogen (secondary N) is 1. The van der Waals surface area contributed by atoms with Crippen LogP contribution in [0.2, 0.25) is 0 Å². The minimum absolute atomic E-state index is 0.0989. The van der Waals surface area contributed by atoms with Crippen molar-refractivity contribution in [1.82, 2.24) is 5.32 Å². The molecule has 4 rings (SSSR count). The molecule has 0 aliphatic heterocycles. The van der Waals surface area contributed by atoms with Crippen LogP contribution in [0, 0.1) is 5.92 Å². The van der Waals surface area contributed by atoms with Crippen LogP contribution in [-0.2, 0) is 0 Å². The SMILES string of the molecule is C/C(=C\c1ccccc1)C1C(=O)c2ccccc2C1NC1CCCCC1. The first kappa shape index (κ1) is 17.2. The molecular weight excluding hydrogens is 318 g/mol. The minimum atomic E-state index is -0.102. The molecule has 2 atom stereocenters. The van der Waals surface area contributed by atoms with Crippen LogP contribution in [0.4, 0.5) is 0 Å². The van der Waals surface area contributed by atoms with Gasteiger partial charge in [-0.25, -0.2) is 0 Å². The van der Waals surface area contributed by atoms with E-state index in [1.807, 2.05) is 30.3 Å². The molecule has 134 valence electrons. The van der Waals surface area contributed by atoms with Crippen LogP contribution in [0.3, 0.4) is 0 Å². The van der Waals surface area contributed by atoms with Crippen LogP contribution >= 0.6 is 0 Å². The fourth-order valence-electron chi connectivity index (χ4n) is 4.57. The molecule has 2 aromatic rings. The van der Waals surface area contributed by atoms with Crippen molar-refractivity contribution in [2.75, 3.05) is 0 Å². The molecule has 26 heavy (non-hydrogen) atoms. The minimum Gasteiger partial charge on any atom is -0.306 e. The van der Waals surface area contributed by atoms with Gasteiger partial charge in [-0.05, 0) is 30.9 Å². The van der Waals surface area contributed by atoms with Crippen molar-refractivity contribution in [3.05, 3.63) is 76.9 Å². The summed E-state index contributed by atoms with van der Waals surface area (Å²) in [6, 6.07) is 19.1. The van der Waals surface area contributed by atoms with E-state index in [9.17, 15) is 4.79 Å². The summed E-state index contributed by atoms with van der Waals surface area (Å²) >= 11 is 0. The van der Waals surface area contributed by atoms with E-state index in [2.05, 4.69) is 42.6 Å². The summed E-state index contributed by atoms with van der Waals surface area (Å²) in [6.45, 7) is 2.11. The summed E-state index contributed by atoms with van der Waals surface area (Å²) in [5.41, 5.74) is 4.37. The molecule has 0 bridgehead atoms. The third-order valence-corrected chi connectivity index (χ3v) is 5.88. The van der Waals surface area contributed by atoms with E-state index in [1.165, 1.54) is 37.7 Å². The van der Waals surface area contributed by atoms with Gasteiger partial charge in [0.15, 0.2) is 5.78 Å². The third kappa shape index (κ3) is 3.39. The molecule has 1 saturated carbocycles. The summed E-state index contributed by atoms with van der Waals surface area (Å²) in [5.74, 6) is 0.160. The summed E-state index contributed by atoms with van der Waals surface area (Å²) in [4.78, 5) is 13.2. The van der Waals surface area contributed by atoms with Gasteiger partial charge in [0, 0.05) is 17.6 Å². The molecule has 2 nitrogen and oxygen atoms in total. The quantitative estimate of drug-likeness (QED) is 0.785. The summed E-state index contributed by atoms with van der Waals surface area (Å²) < 4.78 is 0. The van der Waals surface area contributed by atoms with Crippen molar-refractivity contribution in [3.63, 3.8) is 0 Å². The van der Waals surface area contributed by atoms with E-state index in [-0.39, 0.29) is 17.7 Å². The molecule has 1 fully saturated rings. The standard InChI is InChI=1S/C24H27NO/c1-17(16-18-10-4-2-5-11-18)22-23(25-19-12-6-3-7-13-19)20-14-8-9-15-21(20)24(22)26/h2,4-5,8-11,14-16,19,22-23,25H,3,6-7,12-13H2,1H3/b17-16+. The largest absolute Gasteiger partial charge is 0.306 e. The number of carbonyl (C=O) groups excluding carboxylic acids is 1. The first-order chi connectivity index (χ1) is 12.7. The molecule has 0 saturated heterocycles. The number of benzene rings is 2. The second kappa shape index (κ2) is 7.59. The molecule has 0 aromatic heterocycles. The fraction of sp³-hybridized carbons (Fsp3) is 0.375. The smallest absolute Gasteiger partial charge is 0.172 e. The fourth-order valence-corrected chi connectivity index (χ4v) is 4.57. The van der Waals surface area contributed by atoms with Gasteiger partial charge >= 0.3 is 0 Å². The van der Waals surface area contributed by atoms with Crippen molar-refractivity contribution in [1.29, 1.82) is 0 Å². The van der Waals surface area contributed by atoms with Gasteiger partial charge in [-0.1, -0.05) is 85.5 Å². The lowest BCUT2D eigenvalue weighted by molar-refractivity contribution is 0.0934. The maximum atomic E-state index is 13.2. The monoisotopic (exact) mass is 345 g/mol. The van der Waals surface area contributed by atoms with Crippen molar-refractivity contribution in [2.45, 2.75) is 51.1 Å². The lowest BCUT2D eigenvalue weighted by atomic mass is 9.88. The number of Topliss-reactive ketones (excluding diaryl/α,β-unsaturated/α-hetero) is 1. The highest BCUT2D eigenvalue weighted by Crippen LogP contribution is 2.41. The lowest BCUT2D eigenvalue weighted by Crippen LogP contribution is -2.37. The van der Waals surface area contributed by atoms with Crippen LogP contribution < -0.4 is 5.32 Å². The van der Waals surface area contributed by atoms with Gasteiger partial charge in [0.2, 0.25) is 0 Å². The Morgan fingerprint density at radius 1 is 0.962 bits per heavy atom. The van der Waals surface area contributed by atoms with Crippen molar-refractivity contribution < 1.29 is 4.79 Å². The molecule has 2 aliphatic carbocycles. The zero-order chi connectivity index (χ0) is 17.9. The van der Waals surface area contributed by atoms with E-state index in [4.69, 9.17) is 0 Å². The van der Waals surface area contributed by atoms with Gasteiger partial charge in [0.25, 0.3) is 0 Å². The number of carbonyl (C=O) groups is 1. The number of hydrogen-bond donors (Lipinski definition) is 1. The molecule has 0 radical (unpaired) electrons. The van der Waals surface area contributed by atoms with Gasteiger partial charge in [0.1, 0.15) is 0 Å². The molecule has 1 N–H and O–H groups in total. The Balaban J connectivity index is 1.67. The van der Waals surface area contributed by atoms with Gasteiger partial charge in [-0.2, -0.15) is 0 Å². The molecule has 0 amide bonds. The van der Waals surface area contributed by atoms with Crippen LogP contribution in [0.25, 0.3) is 6.08 Å². The highest BCUT2D eigenvalue weighted by molar-refractivity contribution is 6.05. The molecule has 2 heteroatoms. The van der Waals surface area contributed by atoms with Gasteiger partial charge in [0.05, 0.1) is 5.92 Å². The zero-order valence-corrected chi connectivity index (χ0v) is 15.4. The molecule has 0 spiro atoms. The first-order valence-electron chi connectivity index (χ1n) is 9.86. The van der Waals surface area contributed by atoms with Crippen LogP contribution in [0.15, 0.2) is 60.2 Å². The molecule has 2 unspecified atom stereocenters. The van der Waals surface area contributed by atoms with Crippen LogP contribution in [0.1, 0.15) is 66.6 Å². The molecule has 2 aliphatic rings. The van der Waals surface area contributed by atoms with Crippen molar-refractivity contribution in [2.24, 2.45) is 5.92 Å². The third-order valence-electron chi connectivity index (χ3n) is 5.88.